The highest BCUT2D eigenvalue weighted by Crippen LogP contribution is 2.40. The van der Waals surface area contributed by atoms with Crippen LogP contribution in [0, 0.1) is 12.3 Å². The molecule has 1 aliphatic heterocycles. The Kier molecular flexibility index (Phi) is 8.22. The first kappa shape index (κ1) is 27.9. The molecule has 1 aliphatic rings. The molecule has 5 aromatic rings. The Hall–Kier alpha value is -4.20. The van der Waals surface area contributed by atoms with Crippen LogP contribution in [0.25, 0.3) is 22.5 Å². The molecular weight excluding hydrogens is 522 g/mol. The first-order chi connectivity index (χ1) is 20.5. The Morgan fingerprint density at radius 1 is 0.857 bits per heavy atom. The van der Waals surface area contributed by atoms with Crippen molar-refractivity contribution in [1.29, 1.82) is 0 Å². The predicted octanol–water partition coefficient (Wildman–Crippen LogP) is 7.27. The van der Waals surface area contributed by atoms with E-state index in [1.54, 1.807) is 0 Å². The lowest BCUT2D eigenvalue weighted by atomic mass is 9.86. The van der Waals surface area contributed by atoms with Crippen molar-refractivity contribution in [3.63, 3.8) is 0 Å². The van der Waals surface area contributed by atoms with Crippen molar-refractivity contribution in [2.75, 3.05) is 18.9 Å². The van der Waals surface area contributed by atoms with Gasteiger partial charge in [0.2, 0.25) is 6.29 Å². The van der Waals surface area contributed by atoms with E-state index < -0.39 is 6.29 Å². The van der Waals surface area contributed by atoms with E-state index in [1.807, 2.05) is 35.9 Å². The highest BCUT2D eigenvalue weighted by molar-refractivity contribution is 5.79. The van der Waals surface area contributed by atoms with E-state index in [-0.39, 0.29) is 5.41 Å². The van der Waals surface area contributed by atoms with Gasteiger partial charge in [0.05, 0.1) is 24.6 Å². The van der Waals surface area contributed by atoms with Crippen molar-refractivity contribution >= 4 is 5.82 Å². The van der Waals surface area contributed by atoms with Crippen LogP contribution < -0.4 is 5.73 Å². The molecule has 3 aromatic carbocycles. The number of aromatic nitrogens is 4. The fourth-order valence-electron chi connectivity index (χ4n) is 5.77. The fraction of sp³-hybridized carbons (Fsp3) is 0.314. The molecule has 1 saturated heterocycles. The summed E-state index contributed by atoms with van der Waals surface area (Å²) in [5.41, 5.74) is 12.3. The number of hydrogen-bond acceptors (Lipinski definition) is 5. The molecule has 7 heteroatoms. The summed E-state index contributed by atoms with van der Waals surface area (Å²) in [7, 11) is 0. The number of benzene rings is 3. The molecule has 6 rings (SSSR count). The number of nitrogens with zero attached hydrogens (tertiary/aromatic N) is 4. The van der Waals surface area contributed by atoms with E-state index in [2.05, 4.69) is 89.4 Å². The van der Waals surface area contributed by atoms with Crippen LogP contribution in [-0.2, 0) is 22.6 Å². The zero-order valence-corrected chi connectivity index (χ0v) is 24.4. The first-order valence-corrected chi connectivity index (χ1v) is 14.8. The highest BCUT2D eigenvalue weighted by Gasteiger charge is 2.36. The molecule has 7 nitrogen and oxygen atoms in total. The molecule has 0 aliphatic carbocycles. The number of nitrogens with two attached hydrogens (primary N) is 1. The second kappa shape index (κ2) is 12.3. The van der Waals surface area contributed by atoms with Crippen molar-refractivity contribution in [3.05, 3.63) is 114 Å². The average molecular weight is 562 g/mol. The summed E-state index contributed by atoms with van der Waals surface area (Å²) in [4.78, 5) is 5.24. The average Bonchev–Trinajstić information content (AvgIpc) is 3.55. The maximum atomic E-state index is 6.50. The van der Waals surface area contributed by atoms with E-state index in [1.165, 1.54) is 5.56 Å². The molecule has 0 spiro atoms. The molecule has 1 fully saturated rings. The van der Waals surface area contributed by atoms with Crippen LogP contribution in [-0.4, -0.2) is 32.5 Å². The van der Waals surface area contributed by atoms with Crippen LogP contribution in [0.3, 0.4) is 0 Å². The summed E-state index contributed by atoms with van der Waals surface area (Å²) in [6, 6.07) is 33.3. The quantitative estimate of drug-likeness (QED) is 0.181. The maximum Gasteiger partial charge on any atom is 0.217 e. The Morgan fingerprint density at radius 3 is 2.10 bits per heavy atom. The second-order valence-corrected chi connectivity index (χ2v) is 11.6. The van der Waals surface area contributed by atoms with E-state index in [9.17, 15) is 0 Å². The number of imidazole rings is 1. The zero-order valence-electron chi connectivity index (χ0n) is 24.4. The number of rotatable bonds is 10. The third-order valence-corrected chi connectivity index (χ3v) is 8.05. The summed E-state index contributed by atoms with van der Waals surface area (Å²) in [6.45, 7) is 7.06. The zero-order chi connectivity index (χ0) is 28.9. The lowest BCUT2D eigenvalue weighted by Crippen LogP contribution is -2.37. The minimum Gasteiger partial charge on any atom is -0.382 e. The Morgan fingerprint density at radius 2 is 1.48 bits per heavy atom. The van der Waals surface area contributed by atoms with Gasteiger partial charge in [-0.15, -0.1) is 0 Å². The van der Waals surface area contributed by atoms with Crippen LogP contribution in [0.2, 0.25) is 0 Å². The number of anilines is 1. The Bertz CT molecular complexity index is 1590. The molecular formula is C35H39N5O2. The highest BCUT2D eigenvalue weighted by atomic mass is 16.7. The molecule has 0 atom stereocenters. The summed E-state index contributed by atoms with van der Waals surface area (Å²) in [6.07, 6.45) is 2.56. The standard InChI is InChI=1S/C35H39N5O2/c1-26-22-30(36)38-40(26)21-13-12-20-35(2)24-41-34(42-25-35)33-37-31(28-16-8-4-9-17-28)32(29-18-10-5-11-19-29)39(33)23-27-14-6-3-7-15-27/h3-11,14-19,22,34H,12-13,20-21,23-25H2,1-2H3,(H2,36,38)/t34-,35+. The molecule has 0 saturated carbocycles. The largest absolute Gasteiger partial charge is 0.382 e. The molecule has 2 N–H and O–H groups in total. The third kappa shape index (κ3) is 6.17. The van der Waals surface area contributed by atoms with Crippen LogP contribution in [0.1, 0.15) is 49.6 Å². The molecule has 0 radical (unpaired) electrons. The van der Waals surface area contributed by atoms with E-state index in [0.717, 1.165) is 59.8 Å². The number of hydrogen-bond donors (Lipinski definition) is 1. The monoisotopic (exact) mass is 561 g/mol. The number of nitrogen functional groups attached to an aromatic ring is 1. The third-order valence-electron chi connectivity index (χ3n) is 8.05. The molecule has 0 unspecified atom stereocenters. The van der Waals surface area contributed by atoms with Crippen LogP contribution in [0.15, 0.2) is 97.1 Å². The normalized spacial score (nSPS) is 18.8. The van der Waals surface area contributed by atoms with Gasteiger partial charge in [-0.3, -0.25) is 4.68 Å². The van der Waals surface area contributed by atoms with Crippen LogP contribution >= 0.6 is 0 Å². The Balaban J connectivity index is 1.25. The van der Waals surface area contributed by atoms with Crippen LogP contribution in [0.5, 0.6) is 0 Å². The number of unbranched alkanes of at least 4 members (excludes halogenated alkanes) is 1. The molecule has 3 heterocycles. The van der Waals surface area contributed by atoms with Gasteiger partial charge in [0.25, 0.3) is 0 Å². The van der Waals surface area contributed by atoms with Gasteiger partial charge in [-0.25, -0.2) is 4.98 Å². The molecule has 42 heavy (non-hydrogen) atoms. The predicted molar refractivity (Wildman–Crippen MR) is 167 cm³/mol. The van der Waals surface area contributed by atoms with E-state index in [0.29, 0.717) is 25.6 Å². The van der Waals surface area contributed by atoms with Gasteiger partial charge in [-0.2, -0.15) is 5.10 Å². The summed E-state index contributed by atoms with van der Waals surface area (Å²) in [5, 5.41) is 4.38. The molecule has 216 valence electrons. The van der Waals surface area contributed by atoms with Gasteiger partial charge < -0.3 is 19.8 Å². The number of ether oxygens (including phenoxy) is 2. The SMILES string of the molecule is Cc1cc(N)nn1CCCC[C@]1(C)CO[C@H](c2nc(-c3ccccc3)c(-c3ccccc3)n2Cc2ccccc2)OC1. The molecule has 2 aromatic heterocycles. The van der Waals surface area contributed by atoms with Crippen molar-refractivity contribution in [2.45, 2.75) is 52.5 Å². The van der Waals surface area contributed by atoms with Crippen molar-refractivity contribution in [3.8, 4) is 22.5 Å². The summed E-state index contributed by atoms with van der Waals surface area (Å²) < 4.78 is 17.3. The van der Waals surface area contributed by atoms with E-state index >= 15 is 0 Å². The first-order valence-electron chi connectivity index (χ1n) is 14.8. The van der Waals surface area contributed by atoms with Crippen LogP contribution in [0.4, 0.5) is 5.82 Å². The van der Waals surface area contributed by atoms with E-state index in [4.69, 9.17) is 20.2 Å². The smallest absolute Gasteiger partial charge is 0.217 e. The topological polar surface area (TPSA) is 80.1 Å². The Labute approximate surface area is 247 Å². The minimum absolute atomic E-state index is 0.0595. The second-order valence-electron chi connectivity index (χ2n) is 11.6. The number of aryl methyl sites for hydroxylation is 2. The molecule has 0 bridgehead atoms. The van der Waals surface area contributed by atoms with Crippen molar-refractivity contribution < 1.29 is 9.47 Å². The van der Waals surface area contributed by atoms with Crippen molar-refractivity contribution in [1.82, 2.24) is 19.3 Å². The minimum atomic E-state index is -0.545. The van der Waals surface area contributed by atoms with Gasteiger partial charge in [-0.1, -0.05) is 104 Å². The van der Waals surface area contributed by atoms with Gasteiger partial charge >= 0.3 is 0 Å². The summed E-state index contributed by atoms with van der Waals surface area (Å²) in [5.74, 6) is 1.38. The van der Waals surface area contributed by atoms with Gasteiger partial charge in [-0.05, 0) is 25.3 Å². The molecule has 0 amide bonds. The lowest BCUT2D eigenvalue weighted by Gasteiger charge is -2.37. The van der Waals surface area contributed by atoms with Crippen molar-refractivity contribution in [2.24, 2.45) is 5.41 Å². The van der Waals surface area contributed by atoms with Gasteiger partial charge in [0.15, 0.2) is 5.82 Å². The summed E-state index contributed by atoms with van der Waals surface area (Å²) >= 11 is 0. The van der Waals surface area contributed by atoms with Gasteiger partial charge in [0.1, 0.15) is 5.82 Å². The fourth-order valence-corrected chi connectivity index (χ4v) is 5.77. The maximum absolute atomic E-state index is 6.50. The lowest BCUT2D eigenvalue weighted by molar-refractivity contribution is -0.236. The van der Waals surface area contributed by atoms with Gasteiger partial charge in [0, 0.05) is 41.4 Å².